The summed E-state index contributed by atoms with van der Waals surface area (Å²) in [6, 6.07) is 15.2. The molecule has 0 bridgehead atoms. The van der Waals surface area contributed by atoms with Gasteiger partial charge in [0.2, 0.25) is 5.91 Å². The molecule has 3 rings (SSSR count). The molecule has 0 aliphatic rings. The van der Waals surface area contributed by atoms with Crippen LogP contribution in [-0.4, -0.2) is 23.3 Å². The van der Waals surface area contributed by atoms with Crippen molar-refractivity contribution >= 4 is 28.4 Å². The minimum absolute atomic E-state index is 0.0157. The number of nitrogens with one attached hydrogen (secondary N) is 3. The Kier molecular flexibility index (Phi) is 6.26. The molecule has 5 heteroatoms. The van der Waals surface area contributed by atoms with Crippen molar-refractivity contribution in [3.8, 4) is 0 Å². The van der Waals surface area contributed by atoms with E-state index < -0.39 is 0 Å². The summed E-state index contributed by atoms with van der Waals surface area (Å²) < 4.78 is 0. The number of aryl methyl sites for hydroxylation is 1. The van der Waals surface area contributed by atoms with Gasteiger partial charge in [0.25, 0.3) is 5.91 Å². The normalized spacial score (nSPS) is 10.7. The van der Waals surface area contributed by atoms with Crippen LogP contribution in [0, 0.1) is 0 Å². The summed E-state index contributed by atoms with van der Waals surface area (Å²) in [5, 5.41) is 6.94. The summed E-state index contributed by atoms with van der Waals surface area (Å²) in [4.78, 5) is 27.3. The fraction of sp³-hybridized carbons (Fsp3) is 0.273. The van der Waals surface area contributed by atoms with Crippen LogP contribution in [0.2, 0.25) is 0 Å². The summed E-state index contributed by atoms with van der Waals surface area (Å²) in [5.74, 6) is -0.105. The van der Waals surface area contributed by atoms with Gasteiger partial charge in [0.1, 0.15) is 0 Å². The molecule has 0 saturated carbocycles. The van der Waals surface area contributed by atoms with Crippen molar-refractivity contribution in [3.05, 3.63) is 65.9 Å². The molecule has 3 N–H and O–H groups in total. The zero-order chi connectivity index (χ0) is 19.1. The van der Waals surface area contributed by atoms with E-state index in [9.17, 15) is 9.59 Å². The summed E-state index contributed by atoms with van der Waals surface area (Å²) in [6.45, 7) is 2.67. The Bertz CT molecular complexity index is 913. The first kappa shape index (κ1) is 18.7. The zero-order valence-electron chi connectivity index (χ0n) is 15.5. The summed E-state index contributed by atoms with van der Waals surface area (Å²) in [5.41, 5.74) is 3.67. The number of hydrogen-bond donors (Lipinski definition) is 3. The third-order valence-corrected chi connectivity index (χ3v) is 4.49. The molecule has 1 heterocycles. The number of amides is 2. The number of carbonyl (C=O) groups is 2. The average molecular weight is 363 g/mol. The zero-order valence-corrected chi connectivity index (χ0v) is 15.5. The third kappa shape index (κ3) is 4.97. The van der Waals surface area contributed by atoms with Gasteiger partial charge in [-0.05, 0) is 55.2 Å². The van der Waals surface area contributed by atoms with Crippen LogP contribution in [0.25, 0.3) is 10.9 Å². The molecule has 0 aliphatic heterocycles. The first-order valence-electron chi connectivity index (χ1n) is 9.40. The Morgan fingerprint density at radius 2 is 1.81 bits per heavy atom. The highest BCUT2D eigenvalue weighted by atomic mass is 16.2. The lowest BCUT2D eigenvalue weighted by molar-refractivity contribution is -0.116. The van der Waals surface area contributed by atoms with Crippen LogP contribution < -0.4 is 10.6 Å². The van der Waals surface area contributed by atoms with E-state index in [-0.39, 0.29) is 11.8 Å². The fourth-order valence-corrected chi connectivity index (χ4v) is 3.05. The molecule has 0 unspecified atom stereocenters. The fourth-order valence-electron chi connectivity index (χ4n) is 3.05. The number of hydrogen-bond acceptors (Lipinski definition) is 2. The van der Waals surface area contributed by atoms with Gasteiger partial charge in [-0.3, -0.25) is 9.59 Å². The standard InChI is InChI=1S/C22H25N3O2/c1-2-14-23-22(27)16-10-12-18(13-11-16)25-21(26)9-5-6-17-15-24-20-8-4-3-7-19(17)20/h3-4,7-8,10-13,15,24H,2,5-6,9,14H2,1H3,(H,23,27)(H,25,26). The molecule has 140 valence electrons. The molecule has 2 aromatic carbocycles. The van der Waals surface area contributed by atoms with E-state index in [0.29, 0.717) is 24.2 Å². The Balaban J connectivity index is 1.47. The highest BCUT2D eigenvalue weighted by Gasteiger charge is 2.07. The van der Waals surface area contributed by atoms with Crippen LogP contribution in [0.1, 0.15) is 42.1 Å². The molecule has 0 atom stereocenters. The third-order valence-electron chi connectivity index (χ3n) is 4.49. The number of H-pyrrole nitrogens is 1. The van der Waals surface area contributed by atoms with Crippen LogP contribution >= 0.6 is 0 Å². The van der Waals surface area contributed by atoms with Gasteiger partial charge in [-0.25, -0.2) is 0 Å². The Morgan fingerprint density at radius 3 is 2.59 bits per heavy atom. The van der Waals surface area contributed by atoms with E-state index in [1.807, 2.05) is 25.3 Å². The van der Waals surface area contributed by atoms with Gasteiger partial charge in [0, 0.05) is 41.3 Å². The molecule has 0 aliphatic carbocycles. The minimum Gasteiger partial charge on any atom is -0.361 e. The number of aromatic nitrogens is 1. The molecule has 0 spiro atoms. The molecule has 2 amide bonds. The molecular weight excluding hydrogens is 338 g/mol. The number of carbonyl (C=O) groups excluding carboxylic acids is 2. The maximum atomic E-state index is 12.2. The van der Waals surface area contributed by atoms with E-state index in [1.165, 1.54) is 10.9 Å². The van der Waals surface area contributed by atoms with Crippen molar-refractivity contribution in [2.24, 2.45) is 0 Å². The SMILES string of the molecule is CCCNC(=O)c1ccc(NC(=O)CCCc2c[nH]c3ccccc23)cc1. The van der Waals surface area contributed by atoms with Crippen molar-refractivity contribution in [2.75, 3.05) is 11.9 Å². The van der Waals surface area contributed by atoms with E-state index >= 15 is 0 Å². The van der Waals surface area contributed by atoms with Crippen molar-refractivity contribution in [2.45, 2.75) is 32.6 Å². The second-order valence-electron chi connectivity index (χ2n) is 6.59. The molecule has 3 aromatic rings. The predicted octanol–water partition coefficient (Wildman–Crippen LogP) is 4.27. The smallest absolute Gasteiger partial charge is 0.251 e. The first-order chi connectivity index (χ1) is 13.2. The second-order valence-corrected chi connectivity index (χ2v) is 6.59. The quantitative estimate of drug-likeness (QED) is 0.559. The van der Waals surface area contributed by atoms with Crippen molar-refractivity contribution in [1.82, 2.24) is 10.3 Å². The lowest BCUT2D eigenvalue weighted by atomic mass is 10.1. The number of anilines is 1. The van der Waals surface area contributed by atoms with Crippen LogP contribution in [0.4, 0.5) is 5.69 Å². The minimum atomic E-state index is -0.0894. The number of fused-ring (bicyclic) bond motifs is 1. The van der Waals surface area contributed by atoms with Crippen molar-refractivity contribution in [3.63, 3.8) is 0 Å². The summed E-state index contributed by atoms with van der Waals surface area (Å²) in [7, 11) is 0. The lowest BCUT2D eigenvalue weighted by Crippen LogP contribution is -2.23. The molecule has 27 heavy (non-hydrogen) atoms. The molecule has 1 aromatic heterocycles. The lowest BCUT2D eigenvalue weighted by Gasteiger charge is -2.07. The highest BCUT2D eigenvalue weighted by Crippen LogP contribution is 2.19. The summed E-state index contributed by atoms with van der Waals surface area (Å²) >= 11 is 0. The van der Waals surface area contributed by atoms with Crippen molar-refractivity contribution < 1.29 is 9.59 Å². The van der Waals surface area contributed by atoms with Crippen molar-refractivity contribution in [1.29, 1.82) is 0 Å². The van der Waals surface area contributed by atoms with Gasteiger partial charge in [-0.15, -0.1) is 0 Å². The highest BCUT2D eigenvalue weighted by molar-refractivity contribution is 5.95. The molecule has 0 radical (unpaired) electrons. The summed E-state index contributed by atoms with van der Waals surface area (Å²) in [6.07, 6.45) is 5.01. The number of rotatable bonds is 8. The van der Waals surface area contributed by atoms with Crippen LogP contribution in [0.15, 0.2) is 54.7 Å². The van der Waals surface area contributed by atoms with Crippen LogP contribution in [0.5, 0.6) is 0 Å². The Labute approximate surface area is 159 Å². The maximum absolute atomic E-state index is 12.2. The second kappa shape index (κ2) is 9.03. The van der Waals surface area contributed by atoms with Gasteiger partial charge < -0.3 is 15.6 Å². The van der Waals surface area contributed by atoms with Gasteiger partial charge in [0.05, 0.1) is 0 Å². The van der Waals surface area contributed by atoms with E-state index in [4.69, 9.17) is 0 Å². The number of aromatic amines is 1. The van der Waals surface area contributed by atoms with Gasteiger partial charge in [-0.2, -0.15) is 0 Å². The van der Waals surface area contributed by atoms with Gasteiger partial charge in [0.15, 0.2) is 0 Å². The van der Waals surface area contributed by atoms with Gasteiger partial charge >= 0.3 is 0 Å². The topological polar surface area (TPSA) is 74.0 Å². The molecule has 0 fully saturated rings. The van der Waals surface area contributed by atoms with E-state index in [1.54, 1.807) is 24.3 Å². The average Bonchev–Trinajstić information content (AvgIpc) is 3.10. The Hall–Kier alpha value is -3.08. The molecule has 5 nitrogen and oxygen atoms in total. The monoisotopic (exact) mass is 363 g/mol. The van der Waals surface area contributed by atoms with E-state index in [0.717, 1.165) is 24.8 Å². The molecule has 0 saturated heterocycles. The largest absolute Gasteiger partial charge is 0.361 e. The predicted molar refractivity (Wildman–Crippen MR) is 109 cm³/mol. The first-order valence-corrected chi connectivity index (χ1v) is 9.40. The van der Waals surface area contributed by atoms with E-state index in [2.05, 4.69) is 27.8 Å². The van der Waals surface area contributed by atoms with Gasteiger partial charge in [-0.1, -0.05) is 25.1 Å². The maximum Gasteiger partial charge on any atom is 0.251 e. The molecular formula is C22H25N3O2. The Morgan fingerprint density at radius 1 is 1.04 bits per heavy atom. The van der Waals surface area contributed by atoms with Crippen LogP contribution in [0.3, 0.4) is 0 Å². The number of para-hydroxylation sites is 1. The number of benzene rings is 2. The van der Waals surface area contributed by atoms with Crippen LogP contribution in [-0.2, 0) is 11.2 Å².